The van der Waals surface area contributed by atoms with Crippen LogP contribution in [-0.4, -0.2) is 24.2 Å². The molecule has 0 saturated heterocycles. The Morgan fingerprint density at radius 1 is 1.31 bits per heavy atom. The lowest BCUT2D eigenvalue weighted by Gasteiger charge is -2.18. The summed E-state index contributed by atoms with van der Waals surface area (Å²) in [7, 11) is -3.64. The molecule has 0 aliphatic heterocycles. The van der Waals surface area contributed by atoms with Crippen molar-refractivity contribution in [1.29, 1.82) is 0 Å². The van der Waals surface area contributed by atoms with Gasteiger partial charge >= 0.3 is 12.4 Å². The van der Waals surface area contributed by atoms with Crippen molar-refractivity contribution in [3.8, 4) is 0 Å². The number of halogens is 3. The Morgan fingerprint density at radius 3 is 1.92 bits per heavy atom. The van der Waals surface area contributed by atoms with Crippen LogP contribution in [0.5, 0.6) is 0 Å². The van der Waals surface area contributed by atoms with Gasteiger partial charge in [-0.15, -0.1) is 0 Å². The molecule has 0 heterocycles. The van der Waals surface area contributed by atoms with E-state index in [0.717, 1.165) is 0 Å². The van der Waals surface area contributed by atoms with E-state index in [9.17, 15) is 13.3 Å². The van der Waals surface area contributed by atoms with E-state index in [4.69, 9.17) is 0 Å². The van der Waals surface area contributed by atoms with Crippen LogP contribution >= 0.6 is 23.5 Å². The first kappa shape index (κ1) is 13.5. The fourth-order valence-corrected chi connectivity index (χ4v) is 3.15. The van der Waals surface area contributed by atoms with Gasteiger partial charge < -0.3 is 9.05 Å². The van der Waals surface area contributed by atoms with Crippen molar-refractivity contribution >= 4 is 23.5 Å². The maximum atomic E-state index is 12.4. The van der Waals surface area contributed by atoms with Gasteiger partial charge in [-0.3, -0.25) is 4.57 Å². The maximum Gasteiger partial charge on any atom is 0.337 e. The summed E-state index contributed by atoms with van der Waals surface area (Å²) in [5, 5.41) is 0. The van der Waals surface area contributed by atoms with Gasteiger partial charge in [-0.2, -0.15) is 8.78 Å². The second kappa shape index (κ2) is 5.39. The van der Waals surface area contributed by atoms with Crippen LogP contribution in [0.3, 0.4) is 0 Å². The molecule has 0 aliphatic carbocycles. The average molecular weight is 281 g/mol. The summed E-state index contributed by atoms with van der Waals surface area (Å²) in [5.41, 5.74) is 0. The summed E-state index contributed by atoms with van der Waals surface area (Å²) < 4.78 is 45.7. The van der Waals surface area contributed by atoms with Gasteiger partial charge in [-0.1, -0.05) is 0 Å². The SMILES string of the molecule is CCOP(=O)(CC(F)(F)Br)OCC. The van der Waals surface area contributed by atoms with Crippen LogP contribution in [0.4, 0.5) is 8.78 Å². The summed E-state index contributed by atoms with van der Waals surface area (Å²) >= 11 is 2.09. The third-order valence-electron chi connectivity index (χ3n) is 1.02. The smallest absolute Gasteiger partial charge is 0.309 e. The van der Waals surface area contributed by atoms with Gasteiger partial charge in [0.05, 0.1) is 13.2 Å². The normalized spacial score (nSPS) is 13.3. The number of hydrogen-bond donors (Lipinski definition) is 0. The quantitative estimate of drug-likeness (QED) is 0.554. The number of alkyl halides is 3. The number of rotatable bonds is 6. The van der Waals surface area contributed by atoms with Gasteiger partial charge in [-0.25, -0.2) is 0 Å². The Kier molecular flexibility index (Phi) is 5.59. The molecule has 0 rings (SSSR count). The highest BCUT2D eigenvalue weighted by atomic mass is 79.9. The molecule has 0 bridgehead atoms. The van der Waals surface area contributed by atoms with Crippen molar-refractivity contribution in [2.45, 2.75) is 18.7 Å². The lowest BCUT2D eigenvalue weighted by atomic mass is 10.8. The number of hydrogen-bond acceptors (Lipinski definition) is 3. The molecule has 0 aromatic carbocycles. The third kappa shape index (κ3) is 6.55. The largest absolute Gasteiger partial charge is 0.337 e. The van der Waals surface area contributed by atoms with Crippen molar-refractivity contribution in [1.82, 2.24) is 0 Å². The van der Waals surface area contributed by atoms with E-state index in [2.05, 4.69) is 25.0 Å². The molecule has 3 nitrogen and oxygen atoms in total. The van der Waals surface area contributed by atoms with Crippen LogP contribution in [0.2, 0.25) is 0 Å². The lowest BCUT2D eigenvalue weighted by molar-refractivity contribution is 0.123. The summed E-state index contributed by atoms with van der Waals surface area (Å²) in [6.45, 7) is 3.30. The standard InChI is InChI=1S/C6H12BrF2O3P/c1-3-11-13(10,12-4-2)5-6(7,8)9/h3-5H2,1-2H3. The maximum absolute atomic E-state index is 12.4. The van der Waals surface area contributed by atoms with Crippen molar-refractivity contribution < 1.29 is 22.4 Å². The van der Waals surface area contributed by atoms with Crippen molar-refractivity contribution in [2.24, 2.45) is 0 Å². The molecule has 0 spiro atoms. The summed E-state index contributed by atoms with van der Waals surface area (Å²) in [5.74, 6) is 0. The highest BCUT2D eigenvalue weighted by Crippen LogP contribution is 2.52. The second-order valence-corrected chi connectivity index (χ2v) is 5.43. The zero-order chi connectivity index (χ0) is 10.5. The molecule has 0 amide bonds. The van der Waals surface area contributed by atoms with Gasteiger partial charge in [0.15, 0.2) is 0 Å². The predicted molar refractivity (Wildman–Crippen MR) is 49.6 cm³/mol. The van der Waals surface area contributed by atoms with Crippen molar-refractivity contribution in [3.05, 3.63) is 0 Å². The Bertz CT molecular complexity index is 185. The van der Waals surface area contributed by atoms with Crippen LogP contribution in [0.1, 0.15) is 13.8 Å². The Balaban J connectivity index is 4.33. The van der Waals surface area contributed by atoms with E-state index in [1.807, 2.05) is 0 Å². The van der Waals surface area contributed by atoms with Gasteiger partial charge in [0, 0.05) is 0 Å². The summed E-state index contributed by atoms with van der Waals surface area (Å²) in [4.78, 5) is -3.22. The van der Waals surface area contributed by atoms with Crippen LogP contribution in [0.25, 0.3) is 0 Å². The molecule has 0 aliphatic rings. The minimum Gasteiger partial charge on any atom is -0.309 e. The van der Waals surface area contributed by atoms with E-state index in [0.29, 0.717) is 0 Å². The molecule has 0 aromatic rings. The fraction of sp³-hybridized carbons (Fsp3) is 1.00. The first-order chi connectivity index (χ1) is 5.83. The first-order valence-corrected chi connectivity index (χ1v) is 6.30. The zero-order valence-electron chi connectivity index (χ0n) is 7.43. The highest BCUT2D eigenvalue weighted by molar-refractivity contribution is 9.10. The molecular weight excluding hydrogens is 269 g/mol. The summed E-state index contributed by atoms with van der Waals surface area (Å²) in [6, 6.07) is 0. The van der Waals surface area contributed by atoms with E-state index in [1.165, 1.54) is 0 Å². The van der Waals surface area contributed by atoms with Crippen molar-refractivity contribution in [3.63, 3.8) is 0 Å². The van der Waals surface area contributed by atoms with Gasteiger partial charge in [0.25, 0.3) is 0 Å². The van der Waals surface area contributed by atoms with Crippen LogP contribution < -0.4 is 0 Å². The Morgan fingerprint density at radius 2 is 1.69 bits per heavy atom. The molecule has 0 atom stereocenters. The highest BCUT2D eigenvalue weighted by Gasteiger charge is 2.38. The van der Waals surface area contributed by atoms with Gasteiger partial charge in [-0.05, 0) is 29.8 Å². The molecule has 13 heavy (non-hydrogen) atoms. The molecule has 0 unspecified atom stereocenters. The van der Waals surface area contributed by atoms with E-state index >= 15 is 0 Å². The van der Waals surface area contributed by atoms with Crippen LogP contribution in [-0.2, 0) is 13.6 Å². The van der Waals surface area contributed by atoms with Crippen LogP contribution in [0.15, 0.2) is 0 Å². The Labute approximate surface area is 84.5 Å². The zero-order valence-corrected chi connectivity index (χ0v) is 9.91. The minimum absolute atomic E-state index is 0.0837. The predicted octanol–water partition coefficient (Wildman–Crippen LogP) is 3.24. The van der Waals surface area contributed by atoms with Gasteiger partial charge in [0.2, 0.25) is 0 Å². The van der Waals surface area contributed by atoms with E-state index in [-0.39, 0.29) is 13.2 Å². The molecule has 0 aromatic heterocycles. The molecule has 0 fully saturated rings. The first-order valence-electron chi connectivity index (χ1n) is 3.78. The van der Waals surface area contributed by atoms with Gasteiger partial charge in [0.1, 0.15) is 6.16 Å². The van der Waals surface area contributed by atoms with E-state index < -0.39 is 18.6 Å². The minimum atomic E-state index is -3.64. The molecular formula is C6H12BrF2O3P. The fourth-order valence-electron chi connectivity index (χ4n) is 0.742. The monoisotopic (exact) mass is 280 g/mol. The average Bonchev–Trinajstić information content (AvgIpc) is 1.82. The second-order valence-electron chi connectivity index (χ2n) is 2.22. The molecule has 80 valence electrons. The lowest BCUT2D eigenvalue weighted by Crippen LogP contribution is -2.15. The van der Waals surface area contributed by atoms with Crippen LogP contribution in [0, 0.1) is 0 Å². The molecule has 0 N–H and O–H groups in total. The topological polar surface area (TPSA) is 35.5 Å². The summed E-state index contributed by atoms with van der Waals surface area (Å²) in [6.07, 6.45) is -0.943. The molecule has 0 saturated carbocycles. The van der Waals surface area contributed by atoms with Crippen molar-refractivity contribution in [2.75, 3.05) is 19.4 Å². The molecule has 0 radical (unpaired) electrons. The third-order valence-corrected chi connectivity index (χ3v) is 3.83. The molecule has 7 heteroatoms. The van der Waals surface area contributed by atoms with E-state index in [1.54, 1.807) is 13.8 Å². The Hall–Kier alpha value is 0.490.